The van der Waals surface area contributed by atoms with Crippen LogP contribution in [0.25, 0.3) is 11.1 Å². The Hall–Kier alpha value is -2.00. The number of halogens is 3. The van der Waals surface area contributed by atoms with E-state index in [0.717, 1.165) is 12.1 Å². The van der Waals surface area contributed by atoms with E-state index in [1.807, 2.05) is 0 Å². The molecule has 0 radical (unpaired) electrons. The molecule has 2 aromatic rings. The molecular weight excluding hydrogens is 307 g/mol. The van der Waals surface area contributed by atoms with Crippen LogP contribution in [0.4, 0.5) is 19.1 Å². The first-order valence-corrected chi connectivity index (χ1v) is 6.67. The van der Waals surface area contributed by atoms with Gasteiger partial charge in [0.1, 0.15) is 0 Å². The fraction of sp³-hybridized carbons (Fsp3) is 0.167. The number of hydrogen-bond donors (Lipinski definition) is 1. The summed E-state index contributed by atoms with van der Waals surface area (Å²) in [5, 5.41) is 0. The molecule has 0 spiro atoms. The number of anilines is 1. The van der Waals surface area contributed by atoms with Gasteiger partial charge in [0.15, 0.2) is 0 Å². The quantitative estimate of drug-likeness (QED) is 0.858. The molecule has 0 aliphatic heterocycles. The number of benzene rings is 1. The van der Waals surface area contributed by atoms with Crippen molar-refractivity contribution in [3.8, 4) is 11.1 Å². The Labute approximate surface area is 120 Å². The van der Waals surface area contributed by atoms with E-state index in [9.17, 15) is 21.9 Å². The van der Waals surface area contributed by atoms with Crippen molar-refractivity contribution in [3.63, 3.8) is 0 Å². The van der Waals surface area contributed by atoms with Gasteiger partial charge in [0.2, 0.25) is 5.95 Å². The zero-order chi connectivity index (χ0) is 15.8. The number of nitrogens with two attached hydrogens (primary N) is 1. The Morgan fingerprint density at radius 2 is 1.95 bits per heavy atom. The Balaban J connectivity index is 2.66. The fourth-order valence-electron chi connectivity index (χ4n) is 1.81. The first kappa shape index (κ1) is 15.4. The van der Waals surface area contributed by atoms with E-state index < -0.39 is 27.7 Å². The van der Waals surface area contributed by atoms with Crippen LogP contribution >= 0.6 is 0 Å². The summed E-state index contributed by atoms with van der Waals surface area (Å²) in [6.07, 6.45) is -3.35. The summed E-state index contributed by atoms with van der Waals surface area (Å²) < 4.78 is 60.4. The number of alkyl halides is 3. The molecule has 0 bridgehead atoms. The maximum atomic E-state index is 12.7. The monoisotopic (exact) mass is 316 g/mol. The second-order valence-corrected chi connectivity index (χ2v) is 5.08. The zero-order valence-electron chi connectivity index (χ0n) is 10.6. The Morgan fingerprint density at radius 3 is 2.48 bits per heavy atom. The SMILES string of the molecule is Cc1nc(N)ncc1-c1ccc(C(F)(F)F)cc1S(=O)[O-]. The lowest BCUT2D eigenvalue weighted by atomic mass is 10.0. The highest BCUT2D eigenvalue weighted by molar-refractivity contribution is 7.79. The van der Waals surface area contributed by atoms with E-state index in [4.69, 9.17) is 5.73 Å². The van der Waals surface area contributed by atoms with Crippen molar-refractivity contribution in [2.24, 2.45) is 0 Å². The average Bonchev–Trinajstić information content (AvgIpc) is 2.37. The van der Waals surface area contributed by atoms with E-state index in [-0.39, 0.29) is 11.5 Å². The van der Waals surface area contributed by atoms with Crippen LogP contribution in [0.3, 0.4) is 0 Å². The van der Waals surface area contributed by atoms with Gasteiger partial charge in [-0.3, -0.25) is 4.21 Å². The molecule has 1 aromatic heterocycles. The summed E-state index contributed by atoms with van der Waals surface area (Å²) in [5.41, 5.74) is 5.11. The summed E-state index contributed by atoms with van der Waals surface area (Å²) >= 11 is -2.84. The molecule has 0 saturated heterocycles. The third-order valence-corrected chi connectivity index (χ3v) is 3.47. The van der Waals surface area contributed by atoms with Crippen molar-refractivity contribution >= 4 is 17.0 Å². The highest BCUT2D eigenvalue weighted by Gasteiger charge is 2.31. The van der Waals surface area contributed by atoms with Crippen LogP contribution in [0.2, 0.25) is 0 Å². The predicted octanol–water partition coefficient (Wildman–Crippen LogP) is 2.29. The van der Waals surface area contributed by atoms with Crippen molar-refractivity contribution in [2.75, 3.05) is 5.73 Å². The van der Waals surface area contributed by atoms with Crippen LogP contribution in [0.1, 0.15) is 11.3 Å². The van der Waals surface area contributed by atoms with Gasteiger partial charge in [0, 0.05) is 22.2 Å². The molecule has 21 heavy (non-hydrogen) atoms. The molecule has 0 fully saturated rings. The molecule has 5 nitrogen and oxygen atoms in total. The molecule has 9 heteroatoms. The largest absolute Gasteiger partial charge is 0.768 e. The molecule has 2 N–H and O–H groups in total. The van der Waals surface area contributed by atoms with Crippen molar-refractivity contribution in [1.82, 2.24) is 9.97 Å². The Morgan fingerprint density at radius 1 is 1.29 bits per heavy atom. The van der Waals surface area contributed by atoms with Gasteiger partial charge in [-0.05, 0) is 30.1 Å². The van der Waals surface area contributed by atoms with Crippen LogP contribution < -0.4 is 5.73 Å². The number of nitrogens with zero attached hydrogens (tertiary/aromatic N) is 2. The number of nitrogen functional groups attached to an aromatic ring is 1. The summed E-state index contributed by atoms with van der Waals surface area (Å²) in [6, 6.07) is 2.46. The maximum absolute atomic E-state index is 12.7. The summed E-state index contributed by atoms with van der Waals surface area (Å²) in [7, 11) is 0. The maximum Gasteiger partial charge on any atom is 0.416 e. The molecule has 1 aromatic carbocycles. The molecule has 0 aliphatic carbocycles. The van der Waals surface area contributed by atoms with Gasteiger partial charge in [-0.25, -0.2) is 9.97 Å². The van der Waals surface area contributed by atoms with Crippen LogP contribution in [-0.2, 0) is 17.3 Å². The van der Waals surface area contributed by atoms with E-state index in [1.54, 1.807) is 6.92 Å². The Bertz CT molecular complexity index is 719. The lowest BCUT2D eigenvalue weighted by Gasteiger charge is -2.16. The predicted molar refractivity (Wildman–Crippen MR) is 68.8 cm³/mol. The minimum Gasteiger partial charge on any atom is -0.768 e. The average molecular weight is 316 g/mol. The number of aryl methyl sites for hydroxylation is 1. The van der Waals surface area contributed by atoms with Crippen molar-refractivity contribution in [1.29, 1.82) is 0 Å². The summed E-state index contributed by atoms with van der Waals surface area (Å²) in [6.45, 7) is 1.56. The number of hydrogen-bond acceptors (Lipinski definition) is 5. The van der Waals surface area contributed by atoms with E-state index in [1.165, 1.54) is 6.20 Å². The normalized spacial score (nSPS) is 13.2. The highest BCUT2D eigenvalue weighted by atomic mass is 32.2. The van der Waals surface area contributed by atoms with E-state index >= 15 is 0 Å². The van der Waals surface area contributed by atoms with Crippen LogP contribution in [0.5, 0.6) is 0 Å². The summed E-state index contributed by atoms with van der Waals surface area (Å²) in [4.78, 5) is 7.13. The first-order valence-electron chi connectivity index (χ1n) is 5.60. The molecule has 1 heterocycles. The van der Waals surface area contributed by atoms with Crippen LogP contribution in [0, 0.1) is 6.92 Å². The second-order valence-electron chi connectivity index (χ2n) is 4.17. The molecule has 0 amide bonds. The highest BCUT2D eigenvalue weighted by Crippen LogP contribution is 2.35. The van der Waals surface area contributed by atoms with Crippen molar-refractivity contribution in [2.45, 2.75) is 18.0 Å². The van der Waals surface area contributed by atoms with Gasteiger partial charge in [-0.15, -0.1) is 0 Å². The minimum atomic E-state index is -4.63. The van der Waals surface area contributed by atoms with Gasteiger partial charge >= 0.3 is 6.18 Å². The van der Waals surface area contributed by atoms with Gasteiger partial charge in [-0.2, -0.15) is 13.2 Å². The molecular formula is C12H9F3N3O2S-. The molecule has 1 atom stereocenters. The molecule has 112 valence electrons. The van der Waals surface area contributed by atoms with Crippen molar-refractivity contribution in [3.05, 3.63) is 35.7 Å². The smallest absolute Gasteiger partial charge is 0.416 e. The first-order chi connectivity index (χ1) is 9.70. The third kappa shape index (κ3) is 3.19. The van der Waals surface area contributed by atoms with E-state index in [2.05, 4.69) is 9.97 Å². The Kier molecular flexibility index (Phi) is 3.97. The van der Waals surface area contributed by atoms with Gasteiger partial charge < -0.3 is 10.3 Å². The lowest BCUT2D eigenvalue weighted by molar-refractivity contribution is -0.137. The number of rotatable bonds is 2. The van der Waals surface area contributed by atoms with Crippen LogP contribution in [-0.4, -0.2) is 18.7 Å². The fourth-order valence-corrected chi connectivity index (χ4v) is 2.39. The third-order valence-electron chi connectivity index (χ3n) is 2.78. The number of aromatic nitrogens is 2. The van der Waals surface area contributed by atoms with Gasteiger partial charge in [0.05, 0.1) is 11.3 Å². The lowest BCUT2D eigenvalue weighted by Crippen LogP contribution is -2.07. The topological polar surface area (TPSA) is 91.9 Å². The minimum absolute atomic E-state index is 0.00652. The van der Waals surface area contributed by atoms with Crippen molar-refractivity contribution < 1.29 is 21.9 Å². The standard InChI is InChI=1S/C12H10F3N3O2S/c1-6-9(5-17-11(16)18-6)8-3-2-7(12(13,14)15)4-10(8)21(19)20/h2-5H,1H3,(H,19,20)(H2,16,17,18)/p-1. The molecule has 0 saturated carbocycles. The summed E-state index contributed by atoms with van der Waals surface area (Å²) in [5.74, 6) is -0.00652. The molecule has 2 rings (SSSR count). The molecule has 1 unspecified atom stereocenters. The zero-order valence-corrected chi connectivity index (χ0v) is 11.5. The molecule has 0 aliphatic rings. The van der Waals surface area contributed by atoms with Crippen LogP contribution in [0.15, 0.2) is 29.3 Å². The van der Waals surface area contributed by atoms with Gasteiger partial charge in [0.25, 0.3) is 0 Å². The van der Waals surface area contributed by atoms with Gasteiger partial charge in [-0.1, -0.05) is 6.07 Å². The second kappa shape index (κ2) is 5.41. The van der Waals surface area contributed by atoms with E-state index in [0.29, 0.717) is 17.3 Å².